The van der Waals surface area contributed by atoms with E-state index in [1.54, 1.807) is 0 Å². The molecule has 2 nitrogen and oxygen atoms in total. The van der Waals surface area contributed by atoms with Crippen molar-refractivity contribution in [3.8, 4) is 0 Å². The minimum Gasteiger partial charge on any atom is -0.306 e. The van der Waals surface area contributed by atoms with Crippen LogP contribution in [-0.2, 0) is 0 Å². The van der Waals surface area contributed by atoms with Gasteiger partial charge in [0.25, 0.3) is 0 Å². The highest BCUT2D eigenvalue weighted by atomic mass is 35.5. The lowest BCUT2D eigenvalue weighted by Crippen LogP contribution is -2.33. The van der Waals surface area contributed by atoms with Gasteiger partial charge in [-0.15, -0.1) is 0 Å². The molecule has 1 saturated heterocycles. The fourth-order valence-corrected chi connectivity index (χ4v) is 2.50. The van der Waals surface area contributed by atoms with E-state index < -0.39 is 0 Å². The van der Waals surface area contributed by atoms with Crippen molar-refractivity contribution < 1.29 is 0 Å². The Kier molecular flexibility index (Phi) is 3.85. The standard InChI is InChI=1S/C13H19ClN2/c1-10(11-4-3-5-12(14)8-11)15-13-6-7-16(2)9-13/h3-5,8,10,13,15H,6-7,9H2,1-2H3. The second-order valence-electron chi connectivity index (χ2n) is 4.69. The van der Waals surface area contributed by atoms with Crippen molar-refractivity contribution in [2.24, 2.45) is 0 Å². The Balaban J connectivity index is 1.95. The maximum Gasteiger partial charge on any atom is 0.0409 e. The van der Waals surface area contributed by atoms with E-state index in [1.165, 1.54) is 18.5 Å². The molecule has 1 aromatic rings. The molecule has 1 fully saturated rings. The lowest BCUT2D eigenvalue weighted by molar-refractivity contribution is 0.387. The highest BCUT2D eigenvalue weighted by molar-refractivity contribution is 6.30. The summed E-state index contributed by atoms with van der Waals surface area (Å²) < 4.78 is 0. The third kappa shape index (κ3) is 2.97. The maximum absolute atomic E-state index is 5.99. The summed E-state index contributed by atoms with van der Waals surface area (Å²) in [6, 6.07) is 9.08. The lowest BCUT2D eigenvalue weighted by atomic mass is 10.1. The molecule has 16 heavy (non-hydrogen) atoms. The van der Waals surface area contributed by atoms with Crippen LogP contribution in [0.2, 0.25) is 5.02 Å². The van der Waals surface area contributed by atoms with Crippen LogP contribution in [0.5, 0.6) is 0 Å². The van der Waals surface area contributed by atoms with Crippen LogP contribution in [0, 0.1) is 0 Å². The van der Waals surface area contributed by atoms with Gasteiger partial charge in [-0.25, -0.2) is 0 Å². The number of likely N-dealkylation sites (N-methyl/N-ethyl adjacent to an activating group) is 1. The highest BCUT2D eigenvalue weighted by Gasteiger charge is 2.20. The summed E-state index contributed by atoms with van der Waals surface area (Å²) in [6.45, 7) is 4.54. The predicted molar refractivity (Wildman–Crippen MR) is 68.9 cm³/mol. The number of benzene rings is 1. The van der Waals surface area contributed by atoms with E-state index in [1.807, 2.05) is 18.2 Å². The quantitative estimate of drug-likeness (QED) is 0.871. The molecule has 2 unspecified atom stereocenters. The van der Waals surface area contributed by atoms with E-state index in [0.717, 1.165) is 11.6 Å². The Morgan fingerprint density at radius 2 is 2.31 bits per heavy atom. The van der Waals surface area contributed by atoms with Crippen molar-refractivity contribution in [3.63, 3.8) is 0 Å². The zero-order valence-corrected chi connectivity index (χ0v) is 10.7. The van der Waals surface area contributed by atoms with Gasteiger partial charge in [0.1, 0.15) is 0 Å². The average Bonchev–Trinajstić information content (AvgIpc) is 2.64. The van der Waals surface area contributed by atoms with Crippen LogP contribution < -0.4 is 5.32 Å². The summed E-state index contributed by atoms with van der Waals surface area (Å²) in [4.78, 5) is 2.36. The summed E-state index contributed by atoms with van der Waals surface area (Å²) in [7, 11) is 2.17. The summed E-state index contributed by atoms with van der Waals surface area (Å²) in [5.74, 6) is 0. The van der Waals surface area contributed by atoms with Gasteiger partial charge >= 0.3 is 0 Å². The maximum atomic E-state index is 5.99. The van der Waals surface area contributed by atoms with Gasteiger partial charge < -0.3 is 10.2 Å². The van der Waals surface area contributed by atoms with Crippen molar-refractivity contribution in [3.05, 3.63) is 34.9 Å². The van der Waals surface area contributed by atoms with Crippen LogP contribution in [0.4, 0.5) is 0 Å². The second kappa shape index (κ2) is 5.17. The van der Waals surface area contributed by atoms with Crippen molar-refractivity contribution in [2.45, 2.75) is 25.4 Å². The first-order valence-electron chi connectivity index (χ1n) is 5.85. The number of halogens is 1. The molecule has 1 N–H and O–H groups in total. The molecule has 1 aromatic carbocycles. The molecule has 0 aliphatic carbocycles. The van der Waals surface area contributed by atoms with Crippen molar-refractivity contribution in [1.29, 1.82) is 0 Å². The van der Waals surface area contributed by atoms with Crippen molar-refractivity contribution >= 4 is 11.6 Å². The number of likely N-dealkylation sites (tertiary alicyclic amines) is 1. The number of rotatable bonds is 3. The van der Waals surface area contributed by atoms with E-state index in [0.29, 0.717) is 12.1 Å². The fraction of sp³-hybridized carbons (Fsp3) is 0.538. The fourth-order valence-electron chi connectivity index (χ4n) is 2.30. The first-order chi connectivity index (χ1) is 7.65. The number of hydrogen-bond acceptors (Lipinski definition) is 2. The lowest BCUT2D eigenvalue weighted by Gasteiger charge is -2.20. The Morgan fingerprint density at radius 1 is 1.50 bits per heavy atom. The van der Waals surface area contributed by atoms with Gasteiger partial charge in [-0.05, 0) is 44.6 Å². The molecule has 1 aliphatic heterocycles. The summed E-state index contributed by atoms with van der Waals surface area (Å²) in [6.07, 6.45) is 1.24. The topological polar surface area (TPSA) is 15.3 Å². The van der Waals surface area contributed by atoms with Crippen LogP contribution in [0.3, 0.4) is 0 Å². The minimum absolute atomic E-state index is 0.371. The van der Waals surface area contributed by atoms with Crippen LogP contribution in [0.15, 0.2) is 24.3 Å². The largest absolute Gasteiger partial charge is 0.306 e. The van der Waals surface area contributed by atoms with Gasteiger partial charge in [0, 0.05) is 23.7 Å². The summed E-state index contributed by atoms with van der Waals surface area (Å²) in [5.41, 5.74) is 1.27. The van der Waals surface area contributed by atoms with Crippen LogP contribution in [0.25, 0.3) is 0 Å². The molecule has 88 valence electrons. The third-order valence-corrected chi connectivity index (χ3v) is 3.46. The highest BCUT2D eigenvalue weighted by Crippen LogP contribution is 2.19. The number of nitrogens with one attached hydrogen (secondary N) is 1. The number of hydrogen-bond donors (Lipinski definition) is 1. The monoisotopic (exact) mass is 238 g/mol. The Bertz CT molecular complexity index is 354. The summed E-state index contributed by atoms with van der Waals surface area (Å²) >= 11 is 5.99. The zero-order chi connectivity index (χ0) is 11.5. The van der Waals surface area contributed by atoms with Gasteiger partial charge in [-0.1, -0.05) is 23.7 Å². The predicted octanol–water partition coefficient (Wildman–Crippen LogP) is 2.69. The second-order valence-corrected chi connectivity index (χ2v) is 5.13. The molecule has 0 aromatic heterocycles. The molecule has 0 radical (unpaired) electrons. The molecule has 0 bridgehead atoms. The smallest absolute Gasteiger partial charge is 0.0409 e. The molecule has 2 atom stereocenters. The van der Waals surface area contributed by atoms with E-state index >= 15 is 0 Å². The minimum atomic E-state index is 0.371. The summed E-state index contributed by atoms with van der Waals surface area (Å²) in [5, 5.41) is 4.47. The van der Waals surface area contributed by atoms with Crippen molar-refractivity contribution in [2.75, 3.05) is 20.1 Å². The van der Waals surface area contributed by atoms with Gasteiger partial charge in [-0.2, -0.15) is 0 Å². The van der Waals surface area contributed by atoms with Crippen molar-refractivity contribution in [1.82, 2.24) is 10.2 Å². The van der Waals surface area contributed by atoms with Crippen LogP contribution in [-0.4, -0.2) is 31.1 Å². The first kappa shape index (κ1) is 11.9. The molecule has 0 spiro atoms. The number of nitrogens with zero attached hydrogens (tertiary/aromatic N) is 1. The van der Waals surface area contributed by atoms with E-state index in [9.17, 15) is 0 Å². The van der Waals surface area contributed by atoms with E-state index in [4.69, 9.17) is 11.6 Å². The molecule has 0 amide bonds. The Labute approximate surface area is 103 Å². The first-order valence-corrected chi connectivity index (χ1v) is 6.23. The Morgan fingerprint density at radius 3 is 2.94 bits per heavy atom. The molecule has 1 aliphatic rings. The average molecular weight is 239 g/mol. The van der Waals surface area contributed by atoms with Gasteiger partial charge in [0.15, 0.2) is 0 Å². The SMILES string of the molecule is CC(NC1CCN(C)C1)c1cccc(Cl)c1. The van der Waals surface area contributed by atoms with Gasteiger partial charge in [0.2, 0.25) is 0 Å². The van der Waals surface area contributed by atoms with E-state index in [-0.39, 0.29) is 0 Å². The molecule has 3 heteroatoms. The van der Waals surface area contributed by atoms with Crippen LogP contribution >= 0.6 is 11.6 Å². The molecule has 2 rings (SSSR count). The molecule has 1 heterocycles. The van der Waals surface area contributed by atoms with E-state index in [2.05, 4.69) is 30.3 Å². The molecular formula is C13H19ClN2. The normalized spacial score (nSPS) is 23.6. The Hall–Kier alpha value is -0.570. The van der Waals surface area contributed by atoms with Gasteiger partial charge in [-0.3, -0.25) is 0 Å². The molecular weight excluding hydrogens is 220 g/mol. The third-order valence-electron chi connectivity index (χ3n) is 3.23. The zero-order valence-electron chi connectivity index (χ0n) is 9.91. The van der Waals surface area contributed by atoms with Crippen LogP contribution in [0.1, 0.15) is 24.9 Å². The molecule has 0 saturated carbocycles. The van der Waals surface area contributed by atoms with Gasteiger partial charge in [0.05, 0.1) is 0 Å².